The van der Waals surface area contributed by atoms with Crippen LogP contribution in [-0.4, -0.2) is 21.5 Å². The molecule has 0 bridgehead atoms. The SMILES string of the molecule is COc1nccn2c(Cl)cnc12. The third-order valence-electron chi connectivity index (χ3n) is 1.54. The molecular formula is C7H6ClN3O. The van der Waals surface area contributed by atoms with Crippen LogP contribution >= 0.6 is 11.6 Å². The van der Waals surface area contributed by atoms with Gasteiger partial charge in [0.1, 0.15) is 5.15 Å². The molecular weight excluding hydrogens is 178 g/mol. The largest absolute Gasteiger partial charge is 0.478 e. The standard InChI is InChI=1S/C7H6ClN3O/c1-12-7-6-10-4-5(8)11(6)3-2-9-7/h2-4H,1H3. The van der Waals surface area contributed by atoms with E-state index in [-0.39, 0.29) is 0 Å². The molecule has 2 rings (SSSR count). The second-order valence-corrected chi connectivity index (χ2v) is 2.60. The van der Waals surface area contributed by atoms with Crippen LogP contribution in [-0.2, 0) is 0 Å². The molecule has 0 saturated heterocycles. The second-order valence-electron chi connectivity index (χ2n) is 2.21. The molecule has 0 unspecified atom stereocenters. The van der Waals surface area contributed by atoms with Crippen LogP contribution in [0.15, 0.2) is 18.6 Å². The van der Waals surface area contributed by atoms with E-state index in [9.17, 15) is 0 Å². The number of hydrogen-bond acceptors (Lipinski definition) is 3. The van der Waals surface area contributed by atoms with E-state index in [0.717, 1.165) is 0 Å². The van der Waals surface area contributed by atoms with Gasteiger partial charge in [-0.1, -0.05) is 11.6 Å². The van der Waals surface area contributed by atoms with Crippen molar-refractivity contribution in [3.05, 3.63) is 23.7 Å². The van der Waals surface area contributed by atoms with E-state index in [1.54, 1.807) is 30.1 Å². The molecule has 4 nitrogen and oxygen atoms in total. The van der Waals surface area contributed by atoms with Gasteiger partial charge >= 0.3 is 0 Å². The highest BCUT2D eigenvalue weighted by Gasteiger charge is 2.05. The third-order valence-corrected chi connectivity index (χ3v) is 1.82. The molecule has 0 amide bonds. The maximum absolute atomic E-state index is 5.82. The monoisotopic (exact) mass is 183 g/mol. The van der Waals surface area contributed by atoms with E-state index in [0.29, 0.717) is 16.7 Å². The maximum atomic E-state index is 5.82. The van der Waals surface area contributed by atoms with Crippen molar-refractivity contribution in [3.8, 4) is 5.88 Å². The number of imidazole rings is 1. The van der Waals surface area contributed by atoms with Crippen LogP contribution < -0.4 is 4.74 Å². The number of methoxy groups -OCH3 is 1. The van der Waals surface area contributed by atoms with Gasteiger partial charge in [0.25, 0.3) is 5.88 Å². The Labute approximate surface area is 73.8 Å². The first-order valence-electron chi connectivity index (χ1n) is 3.34. The summed E-state index contributed by atoms with van der Waals surface area (Å²) in [5.41, 5.74) is 0.630. The summed E-state index contributed by atoms with van der Waals surface area (Å²) in [6, 6.07) is 0. The number of nitrogens with zero attached hydrogens (tertiary/aromatic N) is 3. The normalized spacial score (nSPS) is 10.5. The summed E-state index contributed by atoms with van der Waals surface area (Å²) in [4.78, 5) is 8.01. The van der Waals surface area contributed by atoms with Gasteiger partial charge in [0.15, 0.2) is 0 Å². The molecule has 0 atom stereocenters. The van der Waals surface area contributed by atoms with Crippen LogP contribution in [0, 0.1) is 0 Å². The highest BCUT2D eigenvalue weighted by Crippen LogP contribution is 2.18. The lowest BCUT2D eigenvalue weighted by Crippen LogP contribution is -1.92. The molecule has 0 aliphatic rings. The summed E-state index contributed by atoms with van der Waals surface area (Å²) in [7, 11) is 1.55. The predicted octanol–water partition coefficient (Wildman–Crippen LogP) is 1.39. The van der Waals surface area contributed by atoms with E-state index >= 15 is 0 Å². The molecule has 0 aromatic carbocycles. The zero-order valence-corrected chi connectivity index (χ0v) is 7.12. The second kappa shape index (κ2) is 2.64. The van der Waals surface area contributed by atoms with Gasteiger partial charge in [-0.2, -0.15) is 0 Å². The van der Waals surface area contributed by atoms with Crippen molar-refractivity contribution < 1.29 is 4.74 Å². The van der Waals surface area contributed by atoms with Gasteiger partial charge < -0.3 is 4.74 Å². The Morgan fingerprint density at radius 1 is 1.50 bits per heavy atom. The average Bonchev–Trinajstić information content (AvgIpc) is 2.48. The number of ether oxygens (including phenoxy) is 1. The Kier molecular flexibility index (Phi) is 1.62. The zero-order chi connectivity index (χ0) is 8.55. The van der Waals surface area contributed by atoms with Crippen LogP contribution in [0.5, 0.6) is 5.88 Å². The maximum Gasteiger partial charge on any atom is 0.258 e. The summed E-state index contributed by atoms with van der Waals surface area (Å²) in [5.74, 6) is 0.476. The molecule has 0 spiro atoms. The van der Waals surface area contributed by atoms with Crippen LogP contribution in [0.1, 0.15) is 0 Å². The van der Waals surface area contributed by atoms with Gasteiger partial charge in [-0.05, 0) is 0 Å². The van der Waals surface area contributed by atoms with Gasteiger partial charge in [0, 0.05) is 12.4 Å². The van der Waals surface area contributed by atoms with Crippen molar-refractivity contribution in [2.24, 2.45) is 0 Å². The first-order chi connectivity index (χ1) is 5.83. The van der Waals surface area contributed by atoms with Crippen molar-refractivity contribution in [2.75, 3.05) is 7.11 Å². The number of fused-ring (bicyclic) bond motifs is 1. The van der Waals surface area contributed by atoms with Gasteiger partial charge in [-0.3, -0.25) is 4.40 Å². The van der Waals surface area contributed by atoms with Crippen LogP contribution in [0.4, 0.5) is 0 Å². The summed E-state index contributed by atoms with van der Waals surface area (Å²) in [6.07, 6.45) is 4.90. The molecule has 2 heterocycles. The highest BCUT2D eigenvalue weighted by atomic mass is 35.5. The topological polar surface area (TPSA) is 39.4 Å². The molecule has 0 radical (unpaired) electrons. The van der Waals surface area contributed by atoms with Gasteiger partial charge in [0.05, 0.1) is 13.3 Å². The fourth-order valence-electron chi connectivity index (χ4n) is 1.01. The minimum atomic E-state index is 0.476. The molecule has 12 heavy (non-hydrogen) atoms. The first kappa shape index (κ1) is 7.36. The average molecular weight is 184 g/mol. The van der Waals surface area contributed by atoms with Gasteiger partial charge in [-0.15, -0.1) is 0 Å². The van der Waals surface area contributed by atoms with Crippen molar-refractivity contribution in [1.29, 1.82) is 0 Å². The van der Waals surface area contributed by atoms with Crippen molar-refractivity contribution >= 4 is 17.2 Å². The molecule has 0 aliphatic heterocycles. The number of hydrogen-bond donors (Lipinski definition) is 0. The van der Waals surface area contributed by atoms with Gasteiger partial charge in [0.2, 0.25) is 5.65 Å². The lowest BCUT2D eigenvalue weighted by atomic mass is 10.6. The molecule has 0 aliphatic carbocycles. The lowest BCUT2D eigenvalue weighted by molar-refractivity contribution is 0.400. The van der Waals surface area contributed by atoms with Gasteiger partial charge in [-0.25, -0.2) is 9.97 Å². The molecule has 2 aromatic heterocycles. The first-order valence-corrected chi connectivity index (χ1v) is 3.72. The van der Waals surface area contributed by atoms with E-state index in [1.807, 2.05) is 0 Å². The number of halogens is 1. The molecule has 0 fully saturated rings. The predicted molar refractivity (Wildman–Crippen MR) is 44.5 cm³/mol. The minimum absolute atomic E-state index is 0.476. The van der Waals surface area contributed by atoms with Crippen molar-refractivity contribution in [2.45, 2.75) is 0 Å². The lowest BCUT2D eigenvalue weighted by Gasteiger charge is -1.99. The van der Waals surface area contributed by atoms with E-state index in [2.05, 4.69) is 9.97 Å². The Balaban J connectivity index is 2.81. The Hall–Kier alpha value is -1.29. The summed E-state index contributed by atoms with van der Waals surface area (Å²) in [5, 5.41) is 0.547. The summed E-state index contributed by atoms with van der Waals surface area (Å²) in [6.45, 7) is 0. The minimum Gasteiger partial charge on any atom is -0.478 e. The fourth-order valence-corrected chi connectivity index (χ4v) is 1.19. The molecule has 0 N–H and O–H groups in total. The van der Waals surface area contributed by atoms with E-state index in [4.69, 9.17) is 16.3 Å². The quantitative estimate of drug-likeness (QED) is 0.671. The van der Waals surface area contributed by atoms with Crippen LogP contribution in [0.3, 0.4) is 0 Å². The van der Waals surface area contributed by atoms with Crippen LogP contribution in [0.2, 0.25) is 5.15 Å². The van der Waals surface area contributed by atoms with E-state index in [1.165, 1.54) is 0 Å². The molecule has 5 heteroatoms. The third kappa shape index (κ3) is 0.921. The molecule has 62 valence electrons. The summed E-state index contributed by atoms with van der Waals surface area (Å²) < 4.78 is 6.69. The Bertz CT molecular complexity index is 412. The number of aromatic nitrogens is 3. The van der Waals surface area contributed by atoms with Crippen LogP contribution in [0.25, 0.3) is 5.65 Å². The smallest absolute Gasteiger partial charge is 0.258 e. The summed E-state index contributed by atoms with van der Waals surface area (Å²) >= 11 is 5.82. The molecule has 2 aromatic rings. The number of rotatable bonds is 1. The Morgan fingerprint density at radius 2 is 2.33 bits per heavy atom. The zero-order valence-electron chi connectivity index (χ0n) is 6.36. The molecule has 0 saturated carbocycles. The van der Waals surface area contributed by atoms with Crippen molar-refractivity contribution in [1.82, 2.24) is 14.4 Å². The Morgan fingerprint density at radius 3 is 3.08 bits per heavy atom. The highest BCUT2D eigenvalue weighted by molar-refractivity contribution is 6.29. The van der Waals surface area contributed by atoms with Crippen molar-refractivity contribution in [3.63, 3.8) is 0 Å². The van der Waals surface area contributed by atoms with E-state index < -0.39 is 0 Å². The fraction of sp³-hybridized carbons (Fsp3) is 0.143.